The van der Waals surface area contributed by atoms with E-state index in [-0.39, 0.29) is 5.82 Å². The molecule has 0 saturated heterocycles. The molecule has 4 nitrogen and oxygen atoms in total. The van der Waals surface area contributed by atoms with Crippen LogP contribution in [0, 0.1) is 5.82 Å². The topological polar surface area (TPSA) is 47.0 Å². The molecule has 0 saturated carbocycles. The van der Waals surface area contributed by atoms with Gasteiger partial charge in [-0.25, -0.2) is 14.4 Å². The lowest BCUT2D eigenvalue weighted by atomic mass is 10.1. The highest BCUT2D eigenvalue weighted by molar-refractivity contribution is 5.62. The Kier molecular flexibility index (Phi) is 3.96. The van der Waals surface area contributed by atoms with Crippen LogP contribution in [0.3, 0.4) is 0 Å². The monoisotopic (exact) mass is 295 g/mol. The minimum Gasteiger partial charge on any atom is -0.497 e. The first-order chi connectivity index (χ1) is 10.7. The van der Waals surface area contributed by atoms with Gasteiger partial charge in [-0.1, -0.05) is 6.07 Å². The van der Waals surface area contributed by atoms with Crippen molar-refractivity contribution >= 4 is 11.6 Å². The van der Waals surface area contributed by atoms with Crippen molar-refractivity contribution in [2.75, 3.05) is 12.4 Å². The van der Waals surface area contributed by atoms with E-state index in [0.717, 1.165) is 22.7 Å². The Bertz CT molecular complexity index is 775. The van der Waals surface area contributed by atoms with Crippen molar-refractivity contribution in [3.05, 3.63) is 66.6 Å². The number of benzene rings is 2. The van der Waals surface area contributed by atoms with Gasteiger partial charge in [-0.2, -0.15) is 0 Å². The van der Waals surface area contributed by atoms with Crippen LogP contribution >= 0.6 is 0 Å². The molecule has 5 heteroatoms. The van der Waals surface area contributed by atoms with Crippen molar-refractivity contribution in [1.82, 2.24) is 9.97 Å². The van der Waals surface area contributed by atoms with E-state index in [1.165, 1.54) is 12.1 Å². The van der Waals surface area contributed by atoms with E-state index in [4.69, 9.17) is 4.74 Å². The van der Waals surface area contributed by atoms with Gasteiger partial charge in [-0.15, -0.1) is 0 Å². The highest BCUT2D eigenvalue weighted by Crippen LogP contribution is 2.22. The average Bonchev–Trinajstić information content (AvgIpc) is 2.56. The minimum absolute atomic E-state index is 0.271. The molecule has 22 heavy (non-hydrogen) atoms. The minimum atomic E-state index is -0.271. The molecule has 1 heterocycles. The number of nitrogens with zero attached hydrogens (tertiary/aromatic N) is 2. The summed E-state index contributed by atoms with van der Waals surface area (Å²) in [6.07, 6.45) is 1.66. The van der Waals surface area contributed by atoms with Gasteiger partial charge < -0.3 is 10.1 Å². The fourth-order valence-corrected chi connectivity index (χ4v) is 2.03. The Morgan fingerprint density at radius 1 is 1.05 bits per heavy atom. The second-order valence-corrected chi connectivity index (χ2v) is 4.63. The van der Waals surface area contributed by atoms with Gasteiger partial charge in [0.25, 0.3) is 0 Å². The van der Waals surface area contributed by atoms with Crippen molar-refractivity contribution in [2.45, 2.75) is 0 Å². The van der Waals surface area contributed by atoms with Gasteiger partial charge >= 0.3 is 0 Å². The fraction of sp³-hybridized carbons (Fsp3) is 0.0588. The molecule has 110 valence electrons. The summed E-state index contributed by atoms with van der Waals surface area (Å²) < 4.78 is 18.2. The molecular formula is C17H14FN3O. The summed E-state index contributed by atoms with van der Waals surface area (Å²) in [5.41, 5.74) is 2.38. The molecule has 1 aromatic heterocycles. The summed E-state index contributed by atoms with van der Waals surface area (Å²) >= 11 is 0. The summed E-state index contributed by atoms with van der Waals surface area (Å²) in [5, 5.41) is 3.12. The second-order valence-electron chi connectivity index (χ2n) is 4.63. The van der Waals surface area contributed by atoms with Gasteiger partial charge in [0.2, 0.25) is 5.95 Å². The number of anilines is 2. The normalized spacial score (nSPS) is 10.3. The zero-order chi connectivity index (χ0) is 15.4. The largest absolute Gasteiger partial charge is 0.497 e. The van der Waals surface area contributed by atoms with Gasteiger partial charge in [-0.3, -0.25) is 0 Å². The van der Waals surface area contributed by atoms with Gasteiger partial charge in [0.15, 0.2) is 0 Å². The van der Waals surface area contributed by atoms with Crippen LogP contribution in [0.4, 0.5) is 16.0 Å². The highest BCUT2D eigenvalue weighted by atomic mass is 19.1. The van der Waals surface area contributed by atoms with Crippen LogP contribution in [0.5, 0.6) is 5.75 Å². The summed E-state index contributed by atoms with van der Waals surface area (Å²) in [6.45, 7) is 0. The van der Waals surface area contributed by atoms with Gasteiger partial charge in [0.05, 0.1) is 12.8 Å². The standard InChI is InChI=1S/C17H14FN3O/c1-22-15-4-2-3-14(11-15)20-17-19-10-9-16(21-17)12-5-7-13(18)8-6-12/h2-11H,1H3,(H,19,20,21). The lowest BCUT2D eigenvalue weighted by molar-refractivity contribution is 0.415. The summed E-state index contributed by atoms with van der Waals surface area (Å²) in [5.74, 6) is 0.947. The molecule has 0 amide bonds. The van der Waals surface area contributed by atoms with E-state index in [1.54, 1.807) is 31.5 Å². The maximum atomic E-state index is 13.0. The number of halogens is 1. The predicted octanol–water partition coefficient (Wildman–Crippen LogP) is 4.03. The van der Waals surface area contributed by atoms with Crippen LogP contribution in [-0.4, -0.2) is 17.1 Å². The summed E-state index contributed by atoms with van der Waals surface area (Å²) in [7, 11) is 1.62. The maximum absolute atomic E-state index is 13.0. The molecule has 0 atom stereocenters. The second kappa shape index (κ2) is 6.22. The molecule has 0 bridgehead atoms. The first kappa shape index (κ1) is 14.0. The van der Waals surface area contributed by atoms with Gasteiger partial charge in [-0.05, 0) is 42.5 Å². The third-order valence-corrected chi connectivity index (χ3v) is 3.12. The molecule has 0 aliphatic carbocycles. The number of rotatable bonds is 4. The van der Waals surface area contributed by atoms with Crippen LogP contribution in [0.2, 0.25) is 0 Å². The zero-order valence-electron chi connectivity index (χ0n) is 12.0. The van der Waals surface area contributed by atoms with Crippen LogP contribution in [0.1, 0.15) is 0 Å². The highest BCUT2D eigenvalue weighted by Gasteiger charge is 2.04. The number of hydrogen-bond donors (Lipinski definition) is 1. The Morgan fingerprint density at radius 2 is 1.86 bits per heavy atom. The molecule has 0 radical (unpaired) electrons. The van der Waals surface area contributed by atoms with Crippen LogP contribution < -0.4 is 10.1 Å². The van der Waals surface area contributed by atoms with Gasteiger partial charge in [0.1, 0.15) is 11.6 Å². The number of methoxy groups -OCH3 is 1. The Morgan fingerprint density at radius 3 is 2.64 bits per heavy atom. The third kappa shape index (κ3) is 3.20. The van der Waals surface area contributed by atoms with Crippen LogP contribution in [0.25, 0.3) is 11.3 Å². The zero-order valence-corrected chi connectivity index (χ0v) is 12.0. The Balaban J connectivity index is 1.86. The van der Waals surface area contributed by atoms with E-state index in [0.29, 0.717) is 5.95 Å². The molecule has 3 aromatic rings. The van der Waals surface area contributed by atoms with E-state index < -0.39 is 0 Å². The van der Waals surface area contributed by atoms with E-state index in [1.807, 2.05) is 24.3 Å². The fourth-order valence-electron chi connectivity index (χ4n) is 2.03. The summed E-state index contributed by atoms with van der Waals surface area (Å²) in [6, 6.07) is 15.5. The van der Waals surface area contributed by atoms with Crippen molar-refractivity contribution in [3.63, 3.8) is 0 Å². The molecule has 1 N–H and O–H groups in total. The lowest BCUT2D eigenvalue weighted by Crippen LogP contribution is -1.98. The Labute approximate surface area is 127 Å². The molecule has 0 aliphatic heterocycles. The molecule has 0 spiro atoms. The van der Waals surface area contributed by atoms with E-state index in [2.05, 4.69) is 15.3 Å². The molecule has 3 rings (SSSR count). The van der Waals surface area contributed by atoms with E-state index >= 15 is 0 Å². The number of hydrogen-bond acceptors (Lipinski definition) is 4. The average molecular weight is 295 g/mol. The Hall–Kier alpha value is -2.95. The number of nitrogens with one attached hydrogen (secondary N) is 1. The summed E-state index contributed by atoms with van der Waals surface area (Å²) in [4.78, 5) is 8.63. The van der Waals surface area contributed by atoms with Crippen molar-refractivity contribution < 1.29 is 9.13 Å². The number of ether oxygens (including phenoxy) is 1. The van der Waals surface area contributed by atoms with Crippen molar-refractivity contribution in [2.24, 2.45) is 0 Å². The maximum Gasteiger partial charge on any atom is 0.227 e. The van der Waals surface area contributed by atoms with Crippen LogP contribution in [-0.2, 0) is 0 Å². The number of aromatic nitrogens is 2. The van der Waals surface area contributed by atoms with Crippen molar-refractivity contribution in [3.8, 4) is 17.0 Å². The quantitative estimate of drug-likeness (QED) is 0.789. The van der Waals surface area contributed by atoms with Crippen LogP contribution in [0.15, 0.2) is 60.8 Å². The van der Waals surface area contributed by atoms with Gasteiger partial charge in [0, 0.05) is 23.5 Å². The predicted molar refractivity (Wildman–Crippen MR) is 83.7 cm³/mol. The van der Waals surface area contributed by atoms with E-state index in [9.17, 15) is 4.39 Å². The SMILES string of the molecule is COc1cccc(Nc2nccc(-c3ccc(F)cc3)n2)c1. The molecule has 0 unspecified atom stereocenters. The first-order valence-corrected chi connectivity index (χ1v) is 6.75. The molecule has 0 fully saturated rings. The van der Waals surface area contributed by atoms with Crippen molar-refractivity contribution in [1.29, 1.82) is 0 Å². The lowest BCUT2D eigenvalue weighted by Gasteiger charge is -2.08. The molecular weight excluding hydrogens is 281 g/mol. The third-order valence-electron chi connectivity index (χ3n) is 3.12. The first-order valence-electron chi connectivity index (χ1n) is 6.75. The smallest absolute Gasteiger partial charge is 0.227 e. The molecule has 2 aromatic carbocycles. The molecule has 0 aliphatic rings.